The van der Waals surface area contributed by atoms with Gasteiger partial charge in [-0.2, -0.15) is 9.78 Å². The third-order valence-corrected chi connectivity index (χ3v) is 7.12. The van der Waals surface area contributed by atoms with Crippen LogP contribution < -0.4 is 10.5 Å². The highest BCUT2D eigenvalue weighted by molar-refractivity contribution is 6.33. The van der Waals surface area contributed by atoms with Gasteiger partial charge in [0, 0.05) is 31.8 Å². The number of aromatic nitrogens is 4. The summed E-state index contributed by atoms with van der Waals surface area (Å²) in [5.41, 5.74) is 4.20. The highest BCUT2D eigenvalue weighted by Gasteiger charge is 2.30. The smallest absolute Gasteiger partial charge is 0.374 e. The molecule has 2 aliphatic heterocycles. The van der Waals surface area contributed by atoms with E-state index in [1.165, 1.54) is 11.8 Å². The van der Waals surface area contributed by atoms with Crippen LogP contribution in [0.2, 0.25) is 5.02 Å². The predicted molar refractivity (Wildman–Crippen MR) is 131 cm³/mol. The topological polar surface area (TPSA) is 91.5 Å². The molecule has 2 aliphatic rings. The van der Waals surface area contributed by atoms with Crippen LogP contribution in [0.25, 0.3) is 0 Å². The van der Waals surface area contributed by atoms with Crippen molar-refractivity contribution >= 4 is 23.3 Å². The van der Waals surface area contributed by atoms with Gasteiger partial charge in [0.05, 0.1) is 31.2 Å². The SMILES string of the molecule is COC(=O)c1nc2c(n1Cc1ccccc1C)CCN(c1cnn(C3CCCCO3)c(=O)c1Cl)C2. The molecule has 0 radical (unpaired) electrons. The minimum atomic E-state index is -0.477. The molecule has 3 aromatic rings. The maximum atomic E-state index is 13.0. The molecule has 35 heavy (non-hydrogen) atoms. The Kier molecular flexibility index (Phi) is 6.62. The fourth-order valence-corrected chi connectivity index (χ4v) is 5.06. The maximum Gasteiger partial charge on any atom is 0.374 e. The zero-order valence-corrected chi connectivity index (χ0v) is 20.6. The lowest BCUT2D eigenvalue weighted by Gasteiger charge is -2.30. The lowest BCUT2D eigenvalue weighted by atomic mass is 10.1. The summed E-state index contributed by atoms with van der Waals surface area (Å²) >= 11 is 6.54. The van der Waals surface area contributed by atoms with Crippen LogP contribution in [0.5, 0.6) is 0 Å². The number of carbonyl (C=O) groups is 1. The van der Waals surface area contributed by atoms with Crippen molar-refractivity contribution in [1.82, 2.24) is 19.3 Å². The minimum Gasteiger partial charge on any atom is -0.463 e. The summed E-state index contributed by atoms with van der Waals surface area (Å²) < 4.78 is 14.0. The lowest BCUT2D eigenvalue weighted by molar-refractivity contribution is -0.0424. The number of ether oxygens (including phenoxy) is 2. The van der Waals surface area contributed by atoms with Gasteiger partial charge in [0.25, 0.3) is 5.56 Å². The molecule has 0 aliphatic carbocycles. The van der Waals surface area contributed by atoms with Crippen molar-refractivity contribution in [3.63, 3.8) is 0 Å². The zero-order valence-electron chi connectivity index (χ0n) is 19.9. The summed E-state index contributed by atoms with van der Waals surface area (Å²) in [5.74, 6) is -0.203. The quantitative estimate of drug-likeness (QED) is 0.498. The van der Waals surface area contributed by atoms with E-state index in [1.54, 1.807) is 6.20 Å². The first-order chi connectivity index (χ1) is 17.0. The number of rotatable bonds is 5. The number of hydrogen-bond acceptors (Lipinski definition) is 7. The van der Waals surface area contributed by atoms with E-state index in [4.69, 9.17) is 21.1 Å². The Morgan fingerprint density at radius 1 is 1.29 bits per heavy atom. The van der Waals surface area contributed by atoms with Crippen molar-refractivity contribution in [2.45, 2.75) is 51.9 Å². The summed E-state index contributed by atoms with van der Waals surface area (Å²) in [6, 6.07) is 8.08. The van der Waals surface area contributed by atoms with E-state index in [0.717, 1.165) is 41.8 Å². The minimum absolute atomic E-state index is 0.116. The Balaban J connectivity index is 1.45. The third kappa shape index (κ3) is 4.46. The molecule has 9 nitrogen and oxygen atoms in total. The van der Waals surface area contributed by atoms with Gasteiger partial charge in [0.2, 0.25) is 5.82 Å². The van der Waals surface area contributed by atoms with Crippen molar-refractivity contribution in [2.24, 2.45) is 0 Å². The number of halogens is 1. The first-order valence-electron chi connectivity index (χ1n) is 11.8. The van der Waals surface area contributed by atoms with Crippen LogP contribution in [0.15, 0.2) is 35.3 Å². The Morgan fingerprint density at radius 2 is 2.11 bits per heavy atom. The van der Waals surface area contributed by atoms with Gasteiger partial charge in [-0.1, -0.05) is 35.9 Å². The van der Waals surface area contributed by atoms with Crippen LogP contribution in [-0.4, -0.2) is 45.6 Å². The van der Waals surface area contributed by atoms with E-state index >= 15 is 0 Å². The number of nitrogens with zero attached hydrogens (tertiary/aromatic N) is 5. The number of methoxy groups -OCH3 is 1. The molecule has 184 valence electrons. The molecule has 1 fully saturated rings. The molecule has 1 unspecified atom stereocenters. The van der Waals surface area contributed by atoms with Gasteiger partial charge in [-0.3, -0.25) is 4.79 Å². The molecule has 4 heterocycles. The second-order valence-corrected chi connectivity index (χ2v) is 9.30. The van der Waals surface area contributed by atoms with Crippen molar-refractivity contribution in [1.29, 1.82) is 0 Å². The Bertz CT molecular complexity index is 1310. The average molecular weight is 498 g/mol. The molecule has 0 saturated carbocycles. The number of benzene rings is 1. The molecule has 1 atom stereocenters. The summed E-state index contributed by atoms with van der Waals surface area (Å²) in [6.45, 7) is 4.20. The Labute approximate surface area is 208 Å². The first-order valence-corrected chi connectivity index (χ1v) is 12.2. The standard InChI is InChI=1S/C25H28ClN5O4/c1-16-7-3-4-8-17(16)14-30-19-10-11-29(15-18(19)28-23(30)25(33)34-2)20-13-27-31(24(32)22(20)26)21-9-5-6-12-35-21/h3-4,7-8,13,21H,5-6,9-12,14-15H2,1-2H3. The number of hydrogen-bond donors (Lipinski definition) is 0. The molecule has 5 rings (SSSR count). The van der Waals surface area contributed by atoms with Crippen molar-refractivity contribution in [3.05, 3.63) is 74.2 Å². The van der Waals surface area contributed by atoms with Crippen LogP contribution in [0, 0.1) is 6.92 Å². The highest BCUT2D eigenvalue weighted by atomic mass is 35.5. The second kappa shape index (κ2) is 9.83. The number of imidazole rings is 1. The van der Waals surface area contributed by atoms with Gasteiger partial charge in [-0.25, -0.2) is 9.78 Å². The lowest BCUT2D eigenvalue weighted by Crippen LogP contribution is -2.36. The number of esters is 1. The summed E-state index contributed by atoms with van der Waals surface area (Å²) in [7, 11) is 1.36. The summed E-state index contributed by atoms with van der Waals surface area (Å²) in [5, 5.41) is 4.49. The van der Waals surface area contributed by atoms with Gasteiger partial charge < -0.3 is 18.9 Å². The van der Waals surface area contributed by atoms with E-state index in [9.17, 15) is 9.59 Å². The van der Waals surface area contributed by atoms with Crippen LogP contribution in [0.1, 0.15) is 58.6 Å². The largest absolute Gasteiger partial charge is 0.463 e. The molecule has 1 saturated heterocycles. The number of aryl methyl sites for hydroxylation is 1. The van der Waals surface area contributed by atoms with Gasteiger partial charge in [-0.15, -0.1) is 0 Å². The molecule has 2 aromatic heterocycles. The summed E-state index contributed by atoms with van der Waals surface area (Å²) in [4.78, 5) is 32.2. The van der Waals surface area contributed by atoms with E-state index in [2.05, 4.69) is 10.1 Å². The number of carbonyl (C=O) groups excluding carboxylic acids is 1. The Hall–Kier alpha value is -3.17. The molecule has 0 spiro atoms. The molecular formula is C25H28ClN5O4. The molecule has 1 aromatic carbocycles. The fourth-order valence-electron chi connectivity index (χ4n) is 4.80. The monoisotopic (exact) mass is 497 g/mol. The first kappa shape index (κ1) is 23.6. The van der Waals surface area contributed by atoms with Gasteiger partial charge in [-0.05, 0) is 37.3 Å². The Morgan fingerprint density at radius 3 is 2.86 bits per heavy atom. The van der Waals surface area contributed by atoms with E-state index < -0.39 is 5.97 Å². The van der Waals surface area contributed by atoms with Crippen LogP contribution in [0.3, 0.4) is 0 Å². The molecule has 0 amide bonds. The molecule has 0 bridgehead atoms. The molecular weight excluding hydrogens is 470 g/mol. The third-order valence-electron chi connectivity index (χ3n) is 6.77. The van der Waals surface area contributed by atoms with Crippen molar-refractivity contribution in [3.8, 4) is 0 Å². The fraction of sp³-hybridized carbons (Fsp3) is 0.440. The van der Waals surface area contributed by atoms with E-state index in [1.807, 2.05) is 40.7 Å². The van der Waals surface area contributed by atoms with Gasteiger partial charge >= 0.3 is 5.97 Å². The van der Waals surface area contributed by atoms with Gasteiger partial charge in [0.1, 0.15) is 5.02 Å². The predicted octanol–water partition coefficient (Wildman–Crippen LogP) is 3.50. The molecule has 10 heteroatoms. The van der Waals surface area contributed by atoms with Crippen molar-refractivity contribution < 1.29 is 14.3 Å². The van der Waals surface area contributed by atoms with Crippen LogP contribution >= 0.6 is 11.6 Å². The number of anilines is 1. The van der Waals surface area contributed by atoms with Gasteiger partial charge in [0.15, 0.2) is 6.23 Å². The van der Waals surface area contributed by atoms with E-state index in [-0.39, 0.29) is 22.6 Å². The van der Waals surface area contributed by atoms with E-state index in [0.29, 0.717) is 38.3 Å². The number of fused-ring (bicyclic) bond motifs is 1. The maximum absolute atomic E-state index is 13.0. The molecule has 0 N–H and O–H groups in total. The summed E-state index contributed by atoms with van der Waals surface area (Å²) in [6.07, 6.45) is 4.59. The van der Waals surface area contributed by atoms with Crippen LogP contribution in [0.4, 0.5) is 5.69 Å². The highest BCUT2D eigenvalue weighted by Crippen LogP contribution is 2.30. The van der Waals surface area contributed by atoms with Crippen molar-refractivity contribution in [2.75, 3.05) is 25.2 Å². The zero-order chi connectivity index (χ0) is 24.5. The van der Waals surface area contributed by atoms with Crippen LogP contribution in [-0.2, 0) is 29.0 Å². The average Bonchev–Trinajstić information content (AvgIpc) is 3.24. The normalized spacial score (nSPS) is 17.8. The second-order valence-electron chi connectivity index (χ2n) is 8.92.